The molecular weight excluding hydrogens is 308 g/mol. The monoisotopic (exact) mass is 322 g/mol. The van der Waals surface area contributed by atoms with E-state index in [0.29, 0.717) is 12.2 Å². The highest BCUT2D eigenvalue weighted by Crippen LogP contribution is 2.21. The standard InChI is InChI=1S/C14H15BrN2O2/c1-2-17-8-7-16-13(17)12(14(18)19)9-10-3-5-11(15)6-4-10/h3-8,12H,2,9H2,1H3,(H,18,19). The van der Waals surface area contributed by atoms with Gasteiger partial charge in [-0.15, -0.1) is 0 Å². The predicted molar refractivity (Wildman–Crippen MR) is 76.1 cm³/mol. The molecule has 19 heavy (non-hydrogen) atoms. The molecule has 0 aliphatic carbocycles. The Kier molecular flexibility index (Phi) is 4.37. The first-order chi connectivity index (χ1) is 9.11. The maximum absolute atomic E-state index is 11.5. The molecule has 2 rings (SSSR count). The first kappa shape index (κ1) is 13.8. The number of nitrogens with zero attached hydrogens (tertiary/aromatic N) is 2. The molecule has 2 aromatic rings. The molecule has 0 amide bonds. The van der Waals surface area contributed by atoms with Crippen LogP contribution in [-0.2, 0) is 17.8 Å². The summed E-state index contributed by atoms with van der Waals surface area (Å²) in [4.78, 5) is 15.7. The van der Waals surface area contributed by atoms with E-state index in [-0.39, 0.29) is 0 Å². The molecule has 5 heteroatoms. The first-order valence-electron chi connectivity index (χ1n) is 6.10. The highest BCUT2D eigenvalue weighted by molar-refractivity contribution is 9.10. The Balaban J connectivity index is 2.26. The number of carboxylic acids is 1. The normalized spacial score (nSPS) is 12.3. The Labute approximate surface area is 120 Å². The van der Waals surface area contributed by atoms with Crippen molar-refractivity contribution in [1.29, 1.82) is 0 Å². The van der Waals surface area contributed by atoms with Crippen LogP contribution in [0.2, 0.25) is 0 Å². The summed E-state index contributed by atoms with van der Waals surface area (Å²) in [7, 11) is 0. The van der Waals surface area contributed by atoms with Crippen molar-refractivity contribution in [3.8, 4) is 0 Å². The van der Waals surface area contributed by atoms with Gasteiger partial charge in [-0.3, -0.25) is 4.79 Å². The summed E-state index contributed by atoms with van der Waals surface area (Å²) in [6.45, 7) is 2.70. The lowest BCUT2D eigenvalue weighted by Crippen LogP contribution is -2.19. The number of carboxylic acid groups (broad SMARTS) is 1. The highest BCUT2D eigenvalue weighted by atomic mass is 79.9. The van der Waals surface area contributed by atoms with E-state index in [9.17, 15) is 9.90 Å². The quantitative estimate of drug-likeness (QED) is 0.920. The molecule has 0 fully saturated rings. The number of aromatic nitrogens is 2. The first-order valence-corrected chi connectivity index (χ1v) is 6.89. The molecule has 0 saturated heterocycles. The molecule has 1 aromatic heterocycles. The Morgan fingerprint density at radius 2 is 2.11 bits per heavy atom. The lowest BCUT2D eigenvalue weighted by molar-refractivity contribution is -0.139. The second-order valence-corrected chi connectivity index (χ2v) is 5.21. The van der Waals surface area contributed by atoms with Crippen LogP contribution < -0.4 is 0 Å². The molecule has 4 nitrogen and oxygen atoms in total. The molecule has 1 atom stereocenters. The van der Waals surface area contributed by atoms with Crippen LogP contribution in [0.1, 0.15) is 24.2 Å². The third-order valence-electron chi connectivity index (χ3n) is 3.05. The topological polar surface area (TPSA) is 55.1 Å². The third-order valence-corrected chi connectivity index (χ3v) is 3.58. The van der Waals surface area contributed by atoms with Crippen LogP contribution in [0.15, 0.2) is 41.1 Å². The lowest BCUT2D eigenvalue weighted by atomic mass is 9.98. The Bertz CT molecular complexity index is 563. The molecule has 0 bridgehead atoms. The zero-order valence-corrected chi connectivity index (χ0v) is 12.2. The van der Waals surface area contributed by atoms with Crippen molar-refractivity contribution in [3.63, 3.8) is 0 Å². The average Bonchev–Trinajstić information content (AvgIpc) is 2.85. The molecule has 0 radical (unpaired) electrons. The zero-order chi connectivity index (χ0) is 13.8. The summed E-state index contributed by atoms with van der Waals surface area (Å²) in [5.41, 5.74) is 0.987. The van der Waals surface area contributed by atoms with Crippen LogP contribution in [0.4, 0.5) is 0 Å². The summed E-state index contributed by atoms with van der Waals surface area (Å²) in [6.07, 6.45) is 3.91. The minimum atomic E-state index is -0.844. The molecule has 1 heterocycles. The molecular formula is C14H15BrN2O2. The van der Waals surface area contributed by atoms with Gasteiger partial charge in [0.2, 0.25) is 0 Å². The molecule has 0 aliphatic rings. The fourth-order valence-electron chi connectivity index (χ4n) is 2.04. The van der Waals surface area contributed by atoms with E-state index >= 15 is 0 Å². The largest absolute Gasteiger partial charge is 0.481 e. The number of aryl methyl sites for hydroxylation is 1. The van der Waals surface area contributed by atoms with Gasteiger partial charge in [0.15, 0.2) is 0 Å². The van der Waals surface area contributed by atoms with Gasteiger partial charge in [-0.2, -0.15) is 0 Å². The summed E-state index contributed by atoms with van der Waals surface area (Å²) in [5, 5.41) is 9.42. The highest BCUT2D eigenvalue weighted by Gasteiger charge is 2.24. The fourth-order valence-corrected chi connectivity index (χ4v) is 2.31. The third kappa shape index (κ3) is 3.23. The molecule has 0 saturated carbocycles. The summed E-state index contributed by atoms with van der Waals surface area (Å²) < 4.78 is 2.86. The number of rotatable bonds is 5. The second kappa shape index (κ2) is 6.02. The van der Waals surface area contributed by atoms with E-state index in [0.717, 1.165) is 16.6 Å². The van der Waals surface area contributed by atoms with Crippen LogP contribution >= 0.6 is 15.9 Å². The number of carbonyl (C=O) groups is 1. The van der Waals surface area contributed by atoms with Crippen molar-refractivity contribution in [2.45, 2.75) is 25.8 Å². The van der Waals surface area contributed by atoms with E-state index in [2.05, 4.69) is 20.9 Å². The minimum Gasteiger partial charge on any atom is -0.481 e. The fraction of sp³-hybridized carbons (Fsp3) is 0.286. The van der Waals surface area contributed by atoms with Gasteiger partial charge in [-0.05, 0) is 31.0 Å². The van der Waals surface area contributed by atoms with E-state index < -0.39 is 11.9 Å². The Hall–Kier alpha value is -1.62. The molecule has 1 aromatic carbocycles. The number of aliphatic carboxylic acids is 1. The van der Waals surface area contributed by atoms with Gasteiger partial charge in [-0.25, -0.2) is 4.98 Å². The van der Waals surface area contributed by atoms with Crippen molar-refractivity contribution in [3.05, 3.63) is 52.5 Å². The minimum absolute atomic E-state index is 0.444. The summed E-state index contributed by atoms with van der Waals surface area (Å²) in [5.74, 6) is -0.849. The molecule has 1 N–H and O–H groups in total. The number of imidazole rings is 1. The summed E-state index contributed by atoms with van der Waals surface area (Å²) >= 11 is 3.37. The van der Waals surface area contributed by atoms with E-state index in [1.165, 1.54) is 0 Å². The van der Waals surface area contributed by atoms with Crippen molar-refractivity contribution in [2.75, 3.05) is 0 Å². The lowest BCUT2D eigenvalue weighted by Gasteiger charge is -2.13. The predicted octanol–water partition coefficient (Wildman–Crippen LogP) is 3.08. The molecule has 0 spiro atoms. The van der Waals surface area contributed by atoms with Gasteiger partial charge in [-0.1, -0.05) is 28.1 Å². The van der Waals surface area contributed by atoms with Gasteiger partial charge in [0.25, 0.3) is 0 Å². The van der Waals surface area contributed by atoms with E-state index in [1.807, 2.05) is 42.0 Å². The molecule has 0 aliphatic heterocycles. The van der Waals surface area contributed by atoms with Crippen LogP contribution in [0.25, 0.3) is 0 Å². The number of benzene rings is 1. The smallest absolute Gasteiger partial charge is 0.314 e. The Morgan fingerprint density at radius 1 is 1.42 bits per heavy atom. The molecule has 1 unspecified atom stereocenters. The van der Waals surface area contributed by atoms with Gasteiger partial charge in [0, 0.05) is 23.4 Å². The van der Waals surface area contributed by atoms with Crippen molar-refractivity contribution < 1.29 is 9.90 Å². The van der Waals surface area contributed by atoms with Crippen LogP contribution in [-0.4, -0.2) is 20.6 Å². The van der Waals surface area contributed by atoms with Crippen LogP contribution in [0, 0.1) is 0 Å². The van der Waals surface area contributed by atoms with Gasteiger partial charge < -0.3 is 9.67 Å². The molecule has 100 valence electrons. The van der Waals surface area contributed by atoms with Crippen molar-refractivity contribution >= 4 is 21.9 Å². The SMILES string of the molecule is CCn1ccnc1C(Cc1ccc(Br)cc1)C(=O)O. The second-order valence-electron chi connectivity index (χ2n) is 4.29. The van der Waals surface area contributed by atoms with Crippen molar-refractivity contribution in [1.82, 2.24) is 9.55 Å². The van der Waals surface area contributed by atoms with E-state index in [1.54, 1.807) is 6.20 Å². The zero-order valence-electron chi connectivity index (χ0n) is 10.6. The summed E-state index contributed by atoms with van der Waals surface area (Å²) in [6, 6.07) is 7.69. The van der Waals surface area contributed by atoms with Gasteiger partial charge in [0.05, 0.1) is 0 Å². The average molecular weight is 323 g/mol. The van der Waals surface area contributed by atoms with E-state index in [4.69, 9.17) is 0 Å². The number of hydrogen-bond acceptors (Lipinski definition) is 2. The number of halogens is 1. The number of hydrogen-bond donors (Lipinski definition) is 1. The maximum Gasteiger partial charge on any atom is 0.314 e. The maximum atomic E-state index is 11.5. The van der Waals surface area contributed by atoms with Crippen LogP contribution in [0.5, 0.6) is 0 Å². The van der Waals surface area contributed by atoms with Crippen LogP contribution in [0.3, 0.4) is 0 Å². The van der Waals surface area contributed by atoms with Gasteiger partial charge >= 0.3 is 5.97 Å². The van der Waals surface area contributed by atoms with Crippen molar-refractivity contribution in [2.24, 2.45) is 0 Å². The van der Waals surface area contributed by atoms with Gasteiger partial charge in [0.1, 0.15) is 11.7 Å². The Morgan fingerprint density at radius 3 is 2.68 bits per heavy atom.